The summed E-state index contributed by atoms with van der Waals surface area (Å²) in [4.78, 5) is 0. The van der Waals surface area contributed by atoms with Crippen LogP contribution in [0.5, 0.6) is 5.75 Å². The van der Waals surface area contributed by atoms with Crippen molar-refractivity contribution in [1.82, 2.24) is 0 Å². The largest absolute Gasteiger partial charge is 0.488 e. The second kappa shape index (κ2) is 8.66. The predicted octanol–water partition coefficient (Wildman–Crippen LogP) is 6.54. The Morgan fingerprint density at radius 2 is 1.89 bits per heavy atom. The van der Waals surface area contributed by atoms with Gasteiger partial charge in [0.25, 0.3) is 0 Å². The summed E-state index contributed by atoms with van der Waals surface area (Å²) in [5.41, 5.74) is 4.05. The normalized spacial score (nSPS) is 11.1. The van der Waals surface area contributed by atoms with Gasteiger partial charge in [0, 0.05) is 10.0 Å². The molecule has 0 N–H and O–H groups in total. The fraction of sp³-hybridized carbons (Fsp3) is 0.0870. The third-order valence-corrected chi connectivity index (χ3v) is 4.53. The molecular weight excluding hydrogens is 405 g/mol. The van der Waals surface area contributed by atoms with Crippen LogP contribution in [0.3, 0.4) is 0 Å². The maximum atomic E-state index is 13.4. The van der Waals surface area contributed by atoms with Crippen LogP contribution in [0, 0.1) is 24.1 Å². The van der Waals surface area contributed by atoms with Crippen LogP contribution in [0.1, 0.15) is 22.3 Å². The molecule has 0 amide bonds. The van der Waals surface area contributed by atoms with Crippen LogP contribution < -0.4 is 4.74 Å². The molecule has 3 aromatic carbocycles. The SMILES string of the molecule is Cc1ccc(/C(C#N)=C/c2cc(Br)ccc2OCc2cccc(F)c2)cc1. The molecule has 0 saturated heterocycles. The number of ether oxygens (including phenoxy) is 1. The third kappa shape index (κ3) is 5.06. The highest BCUT2D eigenvalue weighted by atomic mass is 79.9. The smallest absolute Gasteiger partial charge is 0.127 e. The van der Waals surface area contributed by atoms with Crippen molar-refractivity contribution < 1.29 is 9.13 Å². The molecule has 0 aromatic heterocycles. The number of benzene rings is 3. The van der Waals surface area contributed by atoms with Crippen molar-refractivity contribution in [2.24, 2.45) is 0 Å². The van der Waals surface area contributed by atoms with E-state index in [1.54, 1.807) is 12.1 Å². The van der Waals surface area contributed by atoms with E-state index in [1.807, 2.05) is 55.5 Å². The van der Waals surface area contributed by atoms with Gasteiger partial charge >= 0.3 is 0 Å². The number of allylic oxidation sites excluding steroid dienone is 1. The molecule has 3 rings (SSSR count). The van der Waals surface area contributed by atoms with Crippen LogP contribution >= 0.6 is 15.9 Å². The minimum absolute atomic E-state index is 0.243. The summed E-state index contributed by atoms with van der Waals surface area (Å²) in [6.07, 6.45) is 1.80. The molecule has 0 unspecified atom stereocenters. The monoisotopic (exact) mass is 421 g/mol. The van der Waals surface area contributed by atoms with Crippen LogP contribution in [0.2, 0.25) is 0 Å². The van der Waals surface area contributed by atoms with E-state index in [0.29, 0.717) is 11.3 Å². The summed E-state index contributed by atoms with van der Waals surface area (Å²) >= 11 is 3.46. The van der Waals surface area contributed by atoms with Crippen LogP contribution in [0.4, 0.5) is 4.39 Å². The quantitative estimate of drug-likeness (QED) is 0.346. The van der Waals surface area contributed by atoms with E-state index in [4.69, 9.17) is 4.74 Å². The molecular formula is C23H17BrFNO. The van der Waals surface area contributed by atoms with Crippen molar-refractivity contribution in [3.05, 3.63) is 99.3 Å². The Kier molecular flexibility index (Phi) is 6.05. The van der Waals surface area contributed by atoms with E-state index < -0.39 is 0 Å². The Bertz CT molecular complexity index is 1020. The summed E-state index contributed by atoms with van der Waals surface area (Å²) in [7, 11) is 0. The molecule has 3 aromatic rings. The fourth-order valence-electron chi connectivity index (χ4n) is 2.62. The number of rotatable bonds is 5. The van der Waals surface area contributed by atoms with Crippen LogP contribution in [-0.4, -0.2) is 0 Å². The summed E-state index contributed by atoms with van der Waals surface area (Å²) in [6, 6.07) is 22.0. The third-order valence-electron chi connectivity index (χ3n) is 4.04. The molecule has 134 valence electrons. The molecule has 0 fully saturated rings. The van der Waals surface area contributed by atoms with Gasteiger partial charge in [-0.15, -0.1) is 0 Å². The first-order chi connectivity index (χ1) is 13.0. The molecule has 0 bridgehead atoms. The van der Waals surface area contributed by atoms with Gasteiger partial charge in [-0.25, -0.2) is 4.39 Å². The average molecular weight is 422 g/mol. The van der Waals surface area contributed by atoms with Crippen LogP contribution in [0.15, 0.2) is 71.2 Å². The molecule has 0 saturated carbocycles. The molecule has 0 aliphatic carbocycles. The summed E-state index contributed by atoms with van der Waals surface area (Å²) in [5, 5.41) is 9.60. The first-order valence-corrected chi connectivity index (χ1v) is 9.20. The zero-order valence-corrected chi connectivity index (χ0v) is 16.3. The Hall–Kier alpha value is -2.90. The molecule has 0 aliphatic heterocycles. The summed E-state index contributed by atoms with van der Waals surface area (Å²) in [5.74, 6) is 0.334. The van der Waals surface area contributed by atoms with Gasteiger partial charge in [-0.3, -0.25) is 0 Å². The lowest BCUT2D eigenvalue weighted by Gasteiger charge is -2.11. The molecule has 2 nitrogen and oxygen atoms in total. The van der Waals surface area contributed by atoms with Crippen LogP contribution in [0.25, 0.3) is 11.6 Å². The van der Waals surface area contributed by atoms with E-state index in [2.05, 4.69) is 22.0 Å². The summed E-state index contributed by atoms with van der Waals surface area (Å²) in [6.45, 7) is 2.25. The number of nitrogens with zero attached hydrogens (tertiary/aromatic N) is 1. The van der Waals surface area contributed by atoms with Crippen molar-refractivity contribution in [2.75, 3.05) is 0 Å². The molecule has 0 radical (unpaired) electrons. The molecule has 0 spiro atoms. The van der Waals surface area contributed by atoms with Gasteiger partial charge in [0.2, 0.25) is 0 Å². The number of hydrogen-bond donors (Lipinski definition) is 0. The highest BCUT2D eigenvalue weighted by molar-refractivity contribution is 9.10. The van der Waals surface area contributed by atoms with Gasteiger partial charge in [-0.05, 0) is 54.5 Å². The zero-order valence-electron chi connectivity index (χ0n) is 14.7. The number of aryl methyl sites for hydroxylation is 1. The van der Waals surface area contributed by atoms with Crippen molar-refractivity contribution in [3.8, 4) is 11.8 Å². The van der Waals surface area contributed by atoms with Crippen LogP contribution in [-0.2, 0) is 6.61 Å². The van der Waals surface area contributed by atoms with Crippen molar-refractivity contribution in [3.63, 3.8) is 0 Å². The van der Waals surface area contributed by atoms with E-state index in [9.17, 15) is 9.65 Å². The molecule has 27 heavy (non-hydrogen) atoms. The molecule has 0 atom stereocenters. The average Bonchev–Trinajstić information content (AvgIpc) is 2.66. The first-order valence-electron chi connectivity index (χ1n) is 8.41. The van der Waals surface area contributed by atoms with E-state index >= 15 is 0 Å². The van der Waals surface area contributed by atoms with E-state index in [0.717, 1.165) is 26.7 Å². The number of hydrogen-bond acceptors (Lipinski definition) is 2. The lowest BCUT2D eigenvalue weighted by Crippen LogP contribution is -1.98. The lowest BCUT2D eigenvalue weighted by atomic mass is 10.0. The Labute approximate surface area is 166 Å². The number of nitriles is 1. The predicted molar refractivity (Wildman–Crippen MR) is 110 cm³/mol. The number of halogens is 2. The lowest BCUT2D eigenvalue weighted by molar-refractivity contribution is 0.305. The highest BCUT2D eigenvalue weighted by Gasteiger charge is 2.07. The second-order valence-electron chi connectivity index (χ2n) is 6.14. The Morgan fingerprint density at radius 3 is 2.59 bits per heavy atom. The van der Waals surface area contributed by atoms with Gasteiger partial charge in [0.15, 0.2) is 0 Å². The second-order valence-corrected chi connectivity index (χ2v) is 7.05. The Morgan fingerprint density at radius 1 is 1.11 bits per heavy atom. The minimum atomic E-state index is -0.293. The standard InChI is InChI=1S/C23H17BrFNO/c1-16-5-7-18(8-6-16)20(14-26)12-19-13-21(24)9-10-23(19)27-15-17-3-2-4-22(25)11-17/h2-13H,15H2,1H3/b20-12+. The van der Waals surface area contributed by atoms with Gasteiger partial charge in [0.05, 0.1) is 11.6 Å². The van der Waals surface area contributed by atoms with Gasteiger partial charge in [-0.1, -0.05) is 57.9 Å². The Balaban J connectivity index is 1.91. The first kappa shape index (κ1) is 18.9. The molecule has 4 heteroatoms. The maximum Gasteiger partial charge on any atom is 0.127 e. The zero-order chi connectivity index (χ0) is 19.2. The van der Waals surface area contributed by atoms with Crippen molar-refractivity contribution in [2.45, 2.75) is 13.5 Å². The highest BCUT2D eigenvalue weighted by Crippen LogP contribution is 2.28. The summed E-state index contributed by atoms with van der Waals surface area (Å²) < 4.78 is 20.1. The molecule has 0 aliphatic rings. The fourth-order valence-corrected chi connectivity index (χ4v) is 3.00. The topological polar surface area (TPSA) is 33.0 Å². The van der Waals surface area contributed by atoms with Crippen molar-refractivity contribution in [1.29, 1.82) is 5.26 Å². The van der Waals surface area contributed by atoms with E-state index in [-0.39, 0.29) is 12.4 Å². The molecule has 0 heterocycles. The minimum Gasteiger partial charge on any atom is -0.488 e. The van der Waals surface area contributed by atoms with E-state index in [1.165, 1.54) is 12.1 Å². The van der Waals surface area contributed by atoms with Crippen molar-refractivity contribution >= 4 is 27.6 Å². The van der Waals surface area contributed by atoms with Gasteiger partial charge in [-0.2, -0.15) is 5.26 Å². The van der Waals surface area contributed by atoms with Gasteiger partial charge in [0.1, 0.15) is 18.2 Å². The maximum absolute atomic E-state index is 13.4. The van der Waals surface area contributed by atoms with Gasteiger partial charge < -0.3 is 4.74 Å².